The summed E-state index contributed by atoms with van der Waals surface area (Å²) >= 11 is 1.60. The molecule has 0 aliphatic rings. The quantitative estimate of drug-likeness (QED) is 0.614. The maximum absolute atomic E-state index is 5.26. The smallest absolute Gasteiger partial charge is 0.276 e. The Morgan fingerprint density at radius 2 is 2.00 bits per heavy atom. The maximum atomic E-state index is 5.26. The lowest BCUT2D eigenvalue weighted by molar-refractivity contribution is 0.369. The van der Waals surface area contributed by atoms with E-state index in [1.165, 1.54) is 6.42 Å². The molecule has 1 N–H and O–H groups in total. The second-order valence-electron chi connectivity index (χ2n) is 5.00. The second kappa shape index (κ2) is 6.25. The minimum absolute atomic E-state index is 0.406. The van der Waals surface area contributed by atoms with Gasteiger partial charge in [0.1, 0.15) is 0 Å². The van der Waals surface area contributed by atoms with Gasteiger partial charge in [0.05, 0.1) is 0 Å². The predicted molar refractivity (Wildman–Crippen MR) is 66.7 cm³/mol. The molecule has 0 atom stereocenters. The lowest BCUT2D eigenvalue weighted by atomic mass is 9.92. The van der Waals surface area contributed by atoms with E-state index in [-0.39, 0.29) is 0 Å². The third-order valence-corrected chi connectivity index (χ3v) is 2.88. The molecule has 1 heterocycles. The summed E-state index contributed by atoms with van der Waals surface area (Å²) in [5.74, 6) is 1.59. The van der Waals surface area contributed by atoms with E-state index in [1.807, 2.05) is 0 Å². The first-order valence-electron chi connectivity index (χ1n) is 5.61. The van der Waals surface area contributed by atoms with Crippen molar-refractivity contribution in [2.45, 2.75) is 39.3 Å². The van der Waals surface area contributed by atoms with E-state index < -0.39 is 0 Å². The van der Waals surface area contributed by atoms with E-state index in [4.69, 9.17) is 4.42 Å². The first kappa shape index (κ1) is 13.5. The monoisotopic (exact) mass is 243 g/mol. The van der Waals surface area contributed by atoms with Crippen LogP contribution in [0.3, 0.4) is 0 Å². The van der Waals surface area contributed by atoms with Crippen LogP contribution in [0.5, 0.6) is 0 Å². The summed E-state index contributed by atoms with van der Waals surface area (Å²) in [7, 11) is 0. The maximum Gasteiger partial charge on any atom is 0.276 e. The first-order chi connectivity index (χ1) is 7.47. The van der Waals surface area contributed by atoms with Crippen LogP contribution in [0.15, 0.2) is 9.64 Å². The average molecular weight is 243 g/mol. The second-order valence-corrected chi connectivity index (χ2v) is 6.04. The predicted octanol–water partition coefficient (Wildman–Crippen LogP) is 2.50. The van der Waals surface area contributed by atoms with Gasteiger partial charge in [-0.15, -0.1) is 10.2 Å². The van der Waals surface area contributed by atoms with E-state index in [0.717, 1.165) is 18.8 Å². The highest BCUT2D eigenvalue weighted by atomic mass is 32.2. The molecular formula is C11H21N3OS. The van der Waals surface area contributed by atoms with Crippen LogP contribution in [-0.2, 0) is 0 Å². The van der Waals surface area contributed by atoms with Crippen LogP contribution >= 0.6 is 11.8 Å². The Kier molecular flexibility index (Phi) is 5.28. The first-order valence-corrected chi connectivity index (χ1v) is 6.59. The lowest BCUT2D eigenvalue weighted by Crippen LogP contribution is -2.22. The molecule has 0 bridgehead atoms. The molecule has 0 radical (unpaired) electrons. The summed E-state index contributed by atoms with van der Waals surface area (Å²) in [6.07, 6.45) is 1.19. The minimum atomic E-state index is 0.406. The summed E-state index contributed by atoms with van der Waals surface area (Å²) in [5, 5.41) is 11.8. The van der Waals surface area contributed by atoms with Gasteiger partial charge in [0.15, 0.2) is 0 Å². The molecule has 0 amide bonds. The molecule has 92 valence electrons. The summed E-state index contributed by atoms with van der Waals surface area (Å²) < 4.78 is 5.26. The Hall–Kier alpha value is -0.550. The van der Waals surface area contributed by atoms with Gasteiger partial charge in [0.25, 0.3) is 5.22 Å². The van der Waals surface area contributed by atoms with Crippen LogP contribution in [0.2, 0.25) is 0 Å². The lowest BCUT2D eigenvalue weighted by Gasteiger charge is -2.17. The molecule has 0 aliphatic heterocycles. The number of hydrogen-bond donors (Lipinski definition) is 1. The summed E-state index contributed by atoms with van der Waals surface area (Å²) in [6.45, 7) is 10.6. The van der Waals surface area contributed by atoms with Crippen molar-refractivity contribution in [3.8, 4) is 0 Å². The molecule has 0 unspecified atom stereocenters. The van der Waals surface area contributed by atoms with Crippen molar-refractivity contribution in [1.29, 1.82) is 0 Å². The van der Waals surface area contributed by atoms with Crippen molar-refractivity contribution in [3.05, 3.63) is 5.89 Å². The van der Waals surface area contributed by atoms with Crippen LogP contribution in [0.1, 0.15) is 33.1 Å². The standard InChI is InChI=1S/C11H21N3OS/c1-9-13-14-10(15-9)16-8-7-12-6-5-11(2,3)4/h12H,5-8H2,1-4H3. The minimum Gasteiger partial charge on any atom is -0.416 e. The number of nitrogens with zero attached hydrogens (tertiary/aromatic N) is 2. The summed E-state index contributed by atoms with van der Waals surface area (Å²) in [5.41, 5.74) is 0.406. The number of hydrogen-bond acceptors (Lipinski definition) is 5. The Bertz CT molecular complexity index is 306. The molecule has 4 nitrogen and oxygen atoms in total. The topological polar surface area (TPSA) is 51.0 Å². The third-order valence-electron chi connectivity index (χ3n) is 2.06. The van der Waals surface area contributed by atoms with Crippen LogP contribution < -0.4 is 5.32 Å². The van der Waals surface area contributed by atoms with E-state index in [1.54, 1.807) is 18.7 Å². The normalized spacial score (nSPS) is 12.0. The Labute approximate surface area is 102 Å². The average Bonchev–Trinajstić information content (AvgIpc) is 2.56. The Morgan fingerprint density at radius 3 is 2.56 bits per heavy atom. The highest BCUT2D eigenvalue weighted by Crippen LogP contribution is 2.17. The Balaban J connectivity index is 2.00. The molecule has 0 aliphatic carbocycles. The van der Waals surface area contributed by atoms with E-state index >= 15 is 0 Å². The highest BCUT2D eigenvalue weighted by Gasteiger charge is 2.08. The molecule has 1 aromatic heterocycles. The SMILES string of the molecule is Cc1nnc(SCCNCCC(C)(C)C)o1. The van der Waals surface area contributed by atoms with E-state index in [0.29, 0.717) is 16.5 Å². The van der Waals surface area contributed by atoms with Crippen molar-refractivity contribution in [3.63, 3.8) is 0 Å². The third kappa shape index (κ3) is 6.12. The summed E-state index contributed by atoms with van der Waals surface area (Å²) in [4.78, 5) is 0. The zero-order valence-corrected chi connectivity index (χ0v) is 11.4. The molecule has 0 aromatic carbocycles. The van der Waals surface area contributed by atoms with Gasteiger partial charge in [0, 0.05) is 19.2 Å². The molecule has 0 fully saturated rings. The highest BCUT2D eigenvalue weighted by molar-refractivity contribution is 7.99. The van der Waals surface area contributed by atoms with Crippen LogP contribution in [0, 0.1) is 12.3 Å². The zero-order valence-electron chi connectivity index (χ0n) is 10.5. The van der Waals surface area contributed by atoms with Gasteiger partial charge >= 0.3 is 0 Å². The van der Waals surface area contributed by atoms with Gasteiger partial charge in [-0.1, -0.05) is 32.5 Å². The fourth-order valence-electron chi connectivity index (χ4n) is 1.14. The van der Waals surface area contributed by atoms with Crippen LogP contribution in [-0.4, -0.2) is 29.0 Å². The van der Waals surface area contributed by atoms with Gasteiger partial charge in [0.2, 0.25) is 5.89 Å². The van der Waals surface area contributed by atoms with E-state index in [9.17, 15) is 0 Å². The van der Waals surface area contributed by atoms with Gasteiger partial charge < -0.3 is 9.73 Å². The molecule has 16 heavy (non-hydrogen) atoms. The molecule has 0 spiro atoms. The largest absolute Gasteiger partial charge is 0.416 e. The van der Waals surface area contributed by atoms with Gasteiger partial charge in [-0.05, 0) is 18.4 Å². The van der Waals surface area contributed by atoms with Crippen molar-refractivity contribution in [2.24, 2.45) is 5.41 Å². The van der Waals surface area contributed by atoms with Crippen molar-refractivity contribution >= 4 is 11.8 Å². The number of aryl methyl sites for hydroxylation is 1. The summed E-state index contributed by atoms with van der Waals surface area (Å²) in [6, 6.07) is 0. The van der Waals surface area contributed by atoms with Gasteiger partial charge in [-0.3, -0.25) is 0 Å². The number of aromatic nitrogens is 2. The van der Waals surface area contributed by atoms with Crippen LogP contribution in [0.4, 0.5) is 0 Å². The fourth-order valence-corrected chi connectivity index (χ4v) is 1.83. The van der Waals surface area contributed by atoms with Crippen molar-refractivity contribution in [1.82, 2.24) is 15.5 Å². The molecule has 1 rings (SSSR count). The van der Waals surface area contributed by atoms with Gasteiger partial charge in [-0.25, -0.2) is 0 Å². The molecule has 0 saturated carbocycles. The molecule has 1 aromatic rings. The number of thioether (sulfide) groups is 1. The molecule has 0 saturated heterocycles. The molecule has 5 heteroatoms. The van der Waals surface area contributed by atoms with Crippen molar-refractivity contribution < 1.29 is 4.42 Å². The van der Waals surface area contributed by atoms with Crippen LogP contribution in [0.25, 0.3) is 0 Å². The van der Waals surface area contributed by atoms with Gasteiger partial charge in [-0.2, -0.15) is 0 Å². The zero-order chi connectivity index (χ0) is 12.0. The number of nitrogens with one attached hydrogen (secondary N) is 1. The molecular weight excluding hydrogens is 222 g/mol. The fraction of sp³-hybridized carbons (Fsp3) is 0.818. The van der Waals surface area contributed by atoms with E-state index in [2.05, 4.69) is 36.3 Å². The Morgan fingerprint density at radius 1 is 1.25 bits per heavy atom. The number of rotatable bonds is 6. The van der Waals surface area contributed by atoms with Crippen molar-refractivity contribution in [2.75, 3.05) is 18.8 Å².